The fourth-order valence-corrected chi connectivity index (χ4v) is 3.78. The van der Waals surface area contributed by atoms with Crippen LogP contribution in [0.1, 0.15) is 0 Å². The molecule has 0 aliphatic heterocycles. The minimum absolute atomic E-state index is 0.168. The van der Waals surface area contributed by atoms with Crippen LogP contribution in [0.2, 0.25) is 5.02 Å². The maximum atomic E-state index is 12.6. The topological polar surface area (TPSA) is 68.9 Å². The average Bonchev–Trinajstić information content (AvgIpc) is 2.90. The zero-order chi connectivity index (χ0) is 18.0. The molecule has 2 heterocycles. The first-order chi connectivity index (χ1) is 12.0. The molecule has 0 atom stereocenters. The Labute approximate surface area is 157 Å². The minimum Gasteiger partial charge on any atom is -0.323 e. The van der Waals surface area contributed by atoms with Crippen molar-refractivity contribution in [2.24, 2.45) is 0 Å². The van der Waals surface area contributed by atoms with Crippen molar-refractivity contribution in [1.82, 2.24) is 14.1 Å². The second-order valence-corrected chi connectivity index (χ2v) is 7.18. The van der Waals surface area contributed by atoms with Gasteiger partial charge in [0.25, 0.3) is 5.56 Å². The van der Waals surface area contributed by atoms with Gasteiger partial charge in [0, 0.05) is 6.54 Å². The van der Waals surface area contributed by atoms with E-state index < -0.39 is 0 Å². The molecular weight excluding hydrogens is 380 g/mol. The van der Waals surface area contributed by atoms with E-state index in [1.807, 2.05) is 0 Å². The number of benzene rings is 1. The van der Waals surface area contributed by atoms with Gasteiger partial charge in [0.05, 0.1) is 10.7 Å². The van der Waals surface area contributed by atoms with Crippen molar-refractivity contribution in [3.05, 3.63) is 62.6 Å². The number of hydrogen-bond acceptors (Lipinski definition) is 5. The number of halogens is 1. The van der Waals surface area contributed by atoms with Gasteiger partial charge >= 0.3 is 0 Å². The summed E-state index contributed by atoms with van der Waals surface area (Å²) in [7, 11) is 0. The Hall–Kier alpha value is -2.29. The third-order valence-electron chi connectivity index (χ3n) is 3.42. The van der Waals surface area contributed by atoms with Crippen LogP contribution in [0, 0.1) is 3.95 Å². The molecule has 0 saturated carbocycles. The van der Waals surface area contributed by atoms with Gasteiger partial charge in [0.1, 0.15) is 17.6 Å². The molecule has 2 aromatic heterocycles. The number of carbonyl (C=O) groups is 1. The van der Waals surface area contributed by atoms with Crippen LogP contribution in [-0.2, 0) is 17.9 Å². The second kappa shape index (κ2) is 7.30. The largest absolute Gasteiger partial charge is 0.323 e. The molecule has 6 nitrogen and oxygen atoms in total. The van der Waals surface area contributed by atoms with Crippen molar-refractivity contribution in [3.8, 4) is 0 Å². The van der Waals surface area contributed by atoms with E-state index in [1.165, 1.54) is 22.2 Å². The van der Waals surface area contributed by atoms with E-state index in [4.69, 9.17) is 23.8 Å². The SMILES string of the molecule is C=CCn1c(=S)sc2c(=O)n(CC(=O)Nc3ccccc3Cl)cnc21. The van der Waals surface area contributed by atoms with Crippen LogP contribution in [0.5, 0.6) is 0 Å². The number of nitrogens with zero attached hydrogens (tertiary/aromatic N) is 3. The maximum Gasteiger partial charge on any atom is 0.273 e. The van der Waals surface area contributed by atoms with Crippen LogP contribution in [0.25, 0.3) is 10.3 Å². The molecule has 0 aliphatic rings. The van der Waals surface area contributed by atoms with Crippen molar-refractivity contribution in [3.63, 3.8) is 0 Å². The molecule has 1 N–H and O–H groups in total. The van der Waals surface area contributed by atoms with E-state index >= 15 is 0 Å². The average molecular weight is 393 g/mol. The van der Waals surface area contributed by atoms with Gasteiger partial charge < -0.3 is 9.88 Å². The highest BCUT2D eigenvalue weighted by Gasteiger charge is 2.13. The van der Waals surface area contributed by atoms with Gasteiger partial charge in [0.15, 0.2) is 9.60 Å². The summed E-state index contributed by atoms with van der Waals surface area (Å²) < 4.78 is 3.94. The Morgan fingerprint density at radius 2 is 2.20 bits per heavy atom. The Balaban J connectivity index is 1.89. The van der Waals surface area contributed by atoms with E-state index in [0.29, 0.717) is 31.6 Å². The number of carbonyl (C=O) groups excluding carboxylic acids is 1. The second-order valence-electron chi connectivity index (χ2n) is 5.13. The van der Waals surface area contributed by atoms with Crippen molar-refractivity contribution in [2.45, 2.75) is 13.1 Å². The van der Waals surface area contributed by atoms with E-state index in [1.54, 1.807) is 34.9 Å². The van der Waals surface area contributed by atoms with Gasteiger partial charge in [-0.15, -0.1) is 6.58 Å². The zero-order valence-electron chi connectivity index (χ0n) is 12.9. The zero-order valence-corrected chi connectivity index (χ0v) is 15.3. The highest BCUT2D eigenvalue weighted by atomic mass is 35.5. The number of fused-ring (bicyclic) bond motifs is 1. The van der Waals surface area contributed by atoms with Crippen LogP contribution in [0.3, 0.4) is 0 Å². The molecule has 0 radical (unpaired) electrons. The Morgan fingerprint density at radius 1 is 1.44 bits per heavy atom. The summed E-state index contributed by atoms with van der Waals surface area (Å²) in [6.07, 6.45) is 3.03. The van der Waals surface area contributed by atoms with Gasteiger partial charge in [-0.25, -0.2) is 4.98 Å². The molecule has 1 amide bonds. The molecule has 0 unspecified atom stereocenters. The monoisotopic (exact) mass is 392 g/mol. The molecule has 0 spiro atoms. The molecule has 25 heavy (non-hydrogen) atoms. The quantitative estimate of drug-likeness (QED) is 0.533. The lowest BCUT2D eigenvalue weighted by molar-refractivity contribution is -0.116. The lowest BCUT2D eigenvalue weighted by atomic mass is 10.3. The van der Waals surface area contributed by atoms with Crippen LogP contribution in [0.4, 0.5) is 5.69 Å². The smallest absolute Gasteiger partial charge is 0.273 e. The molecule has 0 aliphatic carbocycles. The first kappa shape index (κ1) is 17.5. The molecule has 3 rings (SSSR count). The minimum atomic E-state index is -0.370. The molecular formula is C16H13ClN4O2S2. The molecule has 3 aromatic rings. The summed E-state index contributed by atoms with van der Waals surface area (Å²) >= 11 is 12.5. The van der Waals surface area contributed by atoms with E-state index in [-0.39, 0.29) is 18.0 Å². The summed E-state index contributed by atoms with van der Waals surface area (Å²) in [5.41, 5.74) is 0.685. The maximum absolute atomic E-state index is 12.6. The Bertz CT molecular complexity index is 1080. The molecule has 128 valence electrons. The number of amides is 1. The summed E-state index contributed by atoms with van der Waals surface area (Å²) in [4.78, 5) is 29.1. The van der Waals surface area contributed by atoms with Gasteiger partial charge in [0.2, 0.25) is 5.91 Å². The van der Waals surface area contributed by atoms with Crippen molar-refractivity contribution in [1.29, 1.82) is 0 Å². The Morgan fingerprint density at radius 3 is 2.92 bits per heavy atom. The molecule has 0 saturated heterocycles. The fraction of sp³-hybridized carbons (Fsp3) is 0.125. The number of nitrogens with one attached hydrogen (secondary N) is 1. The van der Waals surface area contributed by atoms with Crippen LogP contribution >= 0.6 is 35.2 Å². The van der Waals surface area contributed by atoms with Gasteiger partial charge in [-0.2, -0.15) is 0 Å². The van der Waals surface area contributed by atoms with Crippen LogP contribution < -0.4 is 10.9 Å². The van der Waals surface area contributed by atoms with E-state index in [0.717, 1.165) is 0 Å². The standard InChI is InChI=1S/C16H13ClN4O2S2/c1-2-7-21-14-13(25-16(21)24)15(23)20(9-18-14)8-12(22)19-11-6-4-3-5-10(11)17/h2-6,9H,1,7-8H2,(H,19,22). The summed E-state index contributed by atoms with van der Waals surface area (Å²) in [6.45, 7) is 3.98. The summed E-state index contributed by atoms with van der Waals surface area (Å²) in [6, 6.07) is 6.88. The van der Waals surface area contributed by atoms with E-state index in [9.17, 15) is 9.59 Å². The number of para-hydroxylation sites is 1. The first-order valence-electron chi connectivity index (χ1n) is 7.25. The lowest BCUT2D eigenvalue weighted by Gasteiger charge is -2.08. The first-order valence-corrected chi connectivity index (χ1v) is 8.85. The van der Waals surface area contributed by atoms with Crippen LogP contribution in [-0.4, -0.2) is 20.0 Å². The number of allylic oxidation sites excluding steroid dienone is 1. The van der Waals surface area contributed by atoms with Crippen LogP contribution in [0.15, 0.2) is 48.0 Å². The lowest BCUT2D eigenvalue weighted by Crippen LogP contribution is -2.27. The van der Waals surface area contributed by atoms with Crippen molar-refractivity contribution in [2.75, 3.05) is 5.32 Å². The number of anilines is 1. The number of aromatic nitrogens is 3. The normalized spacial score (nSPS) is 10.8. The number of thiazole rings is 1. The highest BCUT2D eigenvalue weighted by molar-refractivity contribution is 7.73. The fourth-order valence-electron chi connectivity index (χ4n) is 2.28. The number of rotatable bonds is 5. The van der Waals surface area contributed by atoms with Crippen molar-refractivity contribution >= 4 is 57.1 Å². The molecule has 9 heteroatoms. The van der Waals surface area contributed by atoms with Gasteiger partial charge in [-0.3, -0.25) is 14.2 Å². The summed E-state index contributed by atoms with van der Waals surface area (Å²) in [5.74, 6) is -0.370. The van der Waals surface area contributed by atoms with Gasteiger partial charge in [-0.1, -0.05) is 41.1 Å². The molecule has 0 fully saturated rings. The van der Waals surface area contributed by atoms with Crippen molar-refractivity contribution < 1.29 is 4.79 Å². The number of hydrogen-bond donors (Lipinski definition) is 1. The predicted octanol–water partition coefficient (Wildman–Crippen LogP) is 3.47. The third kappa shape index (κ3) is 3.55. The molecule has 1 aromatic carbocycles. The Kier molecular flexibility index (Phi) is 5.12. The summed E-state index contributed by atoms with van der Waals surface area (Å²) in [5, 5.41) is 3.10. The predicted molar refractivity (Wildman–Crippen MR) is 103 cm³/mol. The van der Waals surface area contributed by atoms with E-state index in [2.05, 4.69) is 16.9 Å². The van der Waals surface area contributed by atoms with Gasteiger partial charge in [-0.05, 0) is 24.4 Å². The highest BCUT2D eigenvalue weighted by Crippen LogP contribution is 2.20. The molecule has 0 bridgehead atoms. The third-order valence-corrected chi connectivity index (χ3v) is 5.17.